The first-order chi connectivity index (χ1) is 15.7. The molecule has 2 bridgehead atoms. The summed E-state index contributed by atoms with van der Waals surface area (Å²) in [6.45, 7) is 2.34. The quantitative estimate of drug-likeness (QED) is 0.528. The first-order valence-electron chi connectivity index (χ1n) is 12.4. The van der Waals surface area contributed by atoms with Gasteiger partial charge in [0, 0.05) is 18.0 Å². The molecule has 2 heteroatoms. The van der Waals surface area contributed by atoms with E-state index in [0.717, 1.165) is 25.3 Å². The number of likely N-dealkylation sites (tertiary alicyclic amines) is 1. The molecule has 32 heavy (non-hydrogen) atoms. The topological polar surface area (TPSA) is 23.5 Å². The molecule has 1 saturated heterocycles. The average Bonchev–Trinajstić information content (AvgIpc) is 2.85. The first-order valence-corrected chi connectivity index (χ1v) is 12.4. The highest BCUT2D eigenvalue weighted by Crippen LogP contribution is 2.56. The number of fused-ring (bicyclic) bond motifs is 1. The summed E-state index contributed by atoms with van der Waals surface area (Å²) in [5.74, 6) is 1.20. The molecule has 1 N–H and O–H groups in total. The van der Waals surface area contributed by atoms with E-state index in [0.29, 0.717) is 17.2 Å². The van der Waals surface area contributed by atoms with E-state index >= 15 is 0 Å². The normalized spacial score (nSPS) is 26.9. The van der Waals surface area contributed by atoms with Gasteiger partial charge in [0.05, 0.1) is 0 Å². The second-order valence-corrected chi connectivity index (χ2v) is 10.2. The summed E-state index contributed by atoms with van der Waals surface area (Å²) in [5.41, 5.74) is 7.30. The second-order valence-electron chi connectivity index (χ2n) is 10.2. The molecule has 2 aliphatic carbocycles. The van der Waals surface area contributed by atoms with Crippen LogP contribution in [0.1, 0.15) is 48.8 Å². The molecule has 1 aliphatic heterocycles. The zero-order valence-electron chi connectivity index (χ0n) is 18.8. The van der Waals surface area contributed by atoms with Crippen molar-refractivity contribution in [3.8, 4) is 16.9 Å². The number of piperidine rings is 1. The predicted octanol–water partition coefficient (Wildman–Crippen LogP) is 6.36. The Morgan fingerprint density at radius 2 is 1.69 bits per heavy atom. The van der Waals surface area contributed by atoms with Gasteiger partial charge in [-0.3, -0.25) is 4.90 Å². The van der Waals surface area contributed by atoms with Crippen molar-refractivity contribution in [1.82, 2.24) is 4.90 Å². The van der Waals surface area contributed by atoms with Crippen LogP contribution in [-0.2, 0) is 18.3 Å². The van der Waals surface area contributed by atoms with Crippen LogP contribution in [0.3, 0.4) is 0 Å². The van der Waals surface area contributed by atoms with E-state index in [2.05, 4.69) is 71.6 Å². The molecule has 6 rings (SSSR count). The molecule has 3 aromatic rings. The highest BCUT2D eigenvalue weighted by Gasteiger charge is 2.53. The van der Waals surface area contributed by atoms with E-state index in [1.54, 1.807) is 0 Å². The van der Waals surface area contributed by atoms with Gasteiger partial charge in [-0.15, -0.1) is 0 Å². The largest absolute Gasteiger partial charge is 0.508 e. The Labute approximate surface area is 191 Å². The molecular formula is C30H33NO. The summed E-state index contributed by atoms with van der Waals surface area (Å²) in [6.07, 6.45) is 8.87. The standard InChI is InChI=1S/C30H33NO/c32-26-14-13-25-20-29-27-8-4-5-16-30(27,28(25)21-26)17-19-31(29)18-15-22-9-11-24(12-10-22)23-6-2-1-3-7-23/h1-3,6-7,9-14,21,27,29,32H,4-5,8,15-20H2/t27-,29+,30-/m0/s1. The van der Waals surface area contributed by atoms with Crippen LogP contribution in [0.2, 0.25) is 0 Å². The minimum absolute atomic E-state index is 0.309. The van der Waals surface area contributed by atoms with Gasteiger partial charge in [-0.05, 0) is 84.5 Å². The maximum absolute atomic E-state index is 10.2. The first kappa shape index (κ1) is 20.1. The molecule has 1 saturated carbocycles. The van der Waals surface area contributed by atoms with Crippen LogP contribution in [0.15, 0.2) is 72.8 Å². The van der Waals surface area contributed by atoms with Crippen LogP contribution in [0.4, 0.5) is 0 Å². The molecule has 0 aromatic heterocycles. The SMILES string of the molecule is Oc1ccc2c(c1)[C@]13CCCC[C@H]1[C@@H](C2)N(CCc1ccc(-c2ccccc2)cc1)CC3. The lowest BCUT2D eigenvalue weighted by Gasteiger charge is -2.59. The van der Waals surface area contributed by atoms with Gasteiger partial charge in [0.25, 0.3) is 0 Å². The lowest BCUT2D eigenvalue weighted by molar-refractivity contribution is -0.0106. The fourth-order valence-corrected chi connectivity index (χ4v) is 7.12. The van der Waals surface area contributed by atoms with Crippen LogP contribution in [0.25, 0.3) is 11.1 Å². The van der Waals surface area contributed by atoms with Crippen LogP contribution in [0.5, 0.6) is 5.75 Å². The Morgan fingerprint density at radius 1 is 0.875 bits per heavy atom. The van der Waals surface area contributed by atoms with Crippen molar-refractivity contribution in [2.45, 2.75) is 56.4 Å². The predicted molar refractivity (Wildman–Crippen MR) is 131 cm³/mol. The van der Waals surface area contributed by atoms with Crippen molar-refractivity contribution < 1.29 is 5.11 Å². The number of rotatable bonds is 4. The number of aromatic hydroxyl groups is 1. The number of benzene rings is 3. The average molecular weight is 424 g/mol. The minimum Gasteiger partial charge on any atom is -0.508 e. The van der Waals surface area contributed by atoms with Crippen molar-refractivity contribution in [1.29, 1.82) is 0 Å². The Morgan fingerprint density at radius 3 is 2.53 bits per heavy atom. The maximum Gasteiger partial charge on any atom is 0.115 e. The van der Waals surface area contributed by atoms with Crippen LogP contribution < -0.4 is 0 Å². The molecule has 164 valence electrons. The van der Waals surface area contributed by atoms with E-state index in [-0.39, 0.29) is 0 Å². The number of phenols is 1. The van der Waals surface area contributed by atoms with Crippen LogP contribution in [0, 0.1) is 5.92 Å². The third-order valence-electron chi connectivity index (χ3n) is 8.68. The van der Waals surface area contributed by atoms with Gasteiger partial charge in [-0.1, -0.05) is 73.5 Å². The fraction of sp³-hybridized carbons (Fsp3) is 0.400. The van der Waals surface area contributed by atoms with Gasteiger partial charge in [-0.2, -0.15) is 0 Å². The van der Waals surface area contributed by atoms with E-state index in [4.69, 9.17) is 0 Å². The van der Waals surface area contributed by atoms with E-state index in [1.807, 2.05) is 6.07 Å². The summed E-state index contributed by atoms with van der Waals surface area (Å²) in [4.78, 5) is 2.80. The molecule has 0 radical (unpaired) electrons. The molecule has 3 aromatic carbocycles. The van der Waals surface area contributed by atoms with Crippen LogP contribution >= 0.6 is 0 Å². The number of hydrogen-bond donors (Lipinski definition) is 1. The van der Waals surface area contributed by atoms with Gasteiger partial charge < -0.3 is 5.11 Å². The van der Waals surface area contributed by atoms with E-state index in [9.17, 15) is 5.11 Å². The number of nitrogens with zero attached hydrogens (tertiary/aromatic N) is 1. The van der Waals surface area contributed by atoms with Gasteiger partial charge in [0.1, 0.15) is 5.75 Å². The maximum atomic E-state index is 10.2. The zero-order valence-corrected chi connectivity index (χ0v) is 18.8. The third-order valence-corrected chi connectivity index (χ3v) is 8.68. The summed E-state index contributed by atoms with van der Waals surface area (Å²) in [5, 5.41) is 10.2. The summed E-state index contributed by atoms with van der Waals surface area (Å²) in [7, 11) is 0. The monoisotopic (exact) mass is 423 g/mol. The molecule has 0 spiro atoms. The highest BCUT2D eigenvalue weighted by atomic mass is 16.3. The van der Waals surface area contributed by atoms with Crippen molar-refractivity contribution >= 4 is 0 Å². The highest BCUT2D eigenvalue weighted by molar-refractivity contribution is 5.63. The smallest absolute Gasteiger partial charge is 0.115 e. The molecule has 1 heterocycles. The molecular weight excluding hydrogens is 390 g/mol. The second kappa shape index (κ2) is 8.08. The zero-order chi connectivity index (χ0) is 21.5. The van der Waals surface area contributed by atoms with Gasteiger partial charge >= 0.3 is 0 Å². The number of phenolic OH excluding ortho intramolecular Hbond substituents is 1. The lowest BCUT2D eigenvalue weighted by atomic mass is 9.52. The fourth-order valence-electron chi connectivity index (χ4n) is 7.12. The van der Waals surface area contributed by atoms with Gasteiger partial charge in [-0.25, -0.2) is 0 Å². The van der Waals surface area contributed by atoms with Crippen LogP contribution in [-0.4, -0.2) is 29.1 Å². The van der Waals surface area contributed by atoms with Gasteiger partial charge in [0.2, 0.25) is 0 Å². The van der Waals surface area contributed by atoms with E-state index in [1.165, 1.54) is 66.5 Å². The summed E-state index contributed by atoms with van der Waals surface area (Å²) >= 11 is 0. The Balaban J connectivity index is 1.21. The number of hydrogen-bond acceptors (Lipinski definition) is 2. The lowest BCUT2D eigenvalue weighted by Crippen LogP contribution is -2.61. The molecule has 2 fully saturated rings. The molecule has 3 atom stereocenters. The van der Waals surface area contributed by atoms with Crippen molar-refractivity contribution in [3.05, 3.63) is 89.5 Å². The summed E-state index contributed by atoms with van der Waals surface area (Å²) in [6, 6.07) is 26.7. The van der Waals surface area contributed by atoms with Crippen molar-refractivity contribution in [2.24, 2.45) is 5.92 Å². The third kappa shape index (κ3) is 3.36. The Kier molecular flexibility index (Phi) is 5.07. The Bertz CT molecular complexity index is 1090. The van der Waals surface area contributed by atoms with E-state index < -0.39 is 0 Å². The molecule has 0 unspecified atom stereocenters. The van der Waals surface area contributed by atoms with Gasteiger partial charge in [0.15, 0.2) is 0 Å². The minimum atomic E-state index is 0.309. The molecule has 3 aliphatic rings. The molecule has 2 nitrogen and oxygen atoms in total. The molecule has 0 amide bonds. The summed E-state index contributed by atoms with van der Waals surface area (Å²) < 4.78 is 0. The van der Waals surface area contributed by atoms with Crippen molar-refractivity contribution in [3.63, 3.8) is 0 Å². The Hall–Kier alpha value is -2.58. The van der Waals surface area contributed by atoms with Crippen molar-refractivity contribution in [2.75, 3.05) is 13.1 Å².